The number of carbonyl (C=O) groups excluding carboxylic acids is 5. The monoisotopic (exact) mass is 405 g/mol. The summed E-state index contributed by atoms with van der Waals surface area (Å²) in [5.74, 6) is -5.22. The van der Waals surface area contributed by atoms with Gasteiger partial charge < -0.3 is 10.1 Å². The third-order valence-electron chi connectivity index (χ3n) is 3.50. The molecule has 0 unspecified atom stereocenters. The molecule has 1 aliphatic rings. The molecule has 1 N–H and O–H groups in total. The summed E-state index contributed by atoms with van der Waals surface area (Å²) in [5.41, 5.74) is -1.22. The highest BCUT2D eigenvalue weighted by Gasteiger charge is 2.32. The third kappa shape index (κ3) is 4.29. The van der Waals surface area contributed by atoms with Crippen molar-refractivity contribution in [2.45, 2.75) is 6.42 Å². The zero-order valence-corrected chi connectivity index (χ0v) is 15.0. The van der Waals surface area contributed by atoms with Crippen LogP contribution in [-0.2, 0) is 23.9 Å². The van der Waals surface area contributed by atoms with Gasteiger partial charge in [0.2, 0.25) is 11.8 Å². The fourth-order valence-corrected chi connectivity index (χ4v) is 2.40. The van der Waals surface area contributed by atoms with Gasteiger partial charge in [-0.25, -0.2) is 4.79 Å². The van der Waals surface area contributed by atoms with Crippen LogP contribution in [0.4, 0.5) is 5.69 Å². The highest BCUT2D eigenvalue weighted by molar-refractivity contribution is 7.80. The van der Waals surface area contributed by atoms with Crippen molar-refractivity contribution in [2.24, 2.45) is 0 Å². The van der Waals surface area contributed by atoms with Crippen LogP contribution in [0.3, 0.4) is 0 Å². The molecule has 0 aromatic heterocycles. The van der Waals surface area contributed by atoms with Gasteiger partial charge in [-0.15, -0.1) is 0 Å². The van der Waals surface area contributed by atoms with Crippen molar-refractivity contribution < 1.29 is 33.6 Å². The minimum atomic E-state index is -1.37. The van der Waals surface area contributed by atoms with Crippen LogP contribution in [0, 0.1) is 10.1 Å². The zero-order chi connectivity index (χ0) is 21.0. The first-order valence-electron chi connectivity index (χ1n) is 7.45. The molecule has 2 amide bonds. The lowest BCUT2D eigenvalue weighted by Gasteiger charge is -2.24. The summed E-state index contributed by atoms with van der Waals surface area (Å²) in [7, 11) is 0.922. The molecule has 0 spiro atoms. The molecule has 0 bridgehead atoms. The number of rotatable bonds is 6. The summed E-state index contributed by atoms with van der Waals surface area (Å²) in [5, 5.41) is 12.5. The topological polar surface area (TPSA) is 153 Å². The van der Waals surface area contributed by atoms with Gasteiger partial charge in [-0.3, -0.25) is 34.2 Å². The van der Waals surface area contributed by atoms with Gasteiger partial charge in [-0.05, 0) is 24.4 Å². The molecule has 1 fully saturated rings. The van der Waals surface area contributed by atoms with Crippen molar-refractivity contribution in [3.05, 3.63) is 51.7 Å². The summed E-state index contributed by atoms with van der Waals surface area (Å²) < 4.78 is 4.31. The Labute approximate surface area is 162 Å². The van der Waals surface area contributed by atoms with Gasteiger partial charge in [-0.2, -0.15) is 0 Å². The molecule has 1 heterocycles. The second-order valence-corrected chi connectivity index (χ2v) is 5.68. The van der Waals surface area contributed by atoms with E-state index in [1.807, 2.05) is 0 Å². The maximum absolute atomic E-state index is 12.7. The lowest BCUT2D eigenvalue weighted by Crippen LogP contribution is -2.50. The summed E-state index contributed by atoms with van der Waals surface area (Å²) in [4.78, 5) is 70.6. The Morgan fingerprint density at radius 1 is 1.25 bits per heavy atom. The average molecular weight is 405 g/mol. The van der Waals surface area contributed by atoms with Gasteiger partial charge in [0.1, 0.15) is 6.42 Å². The van der Waals surface area contributed by atoms with E-state index in [9.17, 15) is 34.1 Å². The van der Waals surface area contributed by atoms with Crippen molar-refractivity contribution >= 4 is 52.4 Å². The van der Waals surface area contributed by atoms with Crippen molar-refractivity contribution in [2.75, 3.05) is 7.11 Å². The number of methoxy groups -OCH3 is 1. The van der Waals surface area contributed by atoms with Crippen LogP contribution in [0.15, 0.2) is 36.0 Å². The number of non-ortho nitro benzene ring substituents is 1. The predicted octanol–water partition coefficient (Wildman–Crippen LogP) is 0.0369. The number of hydrogen-bond acceptors (Lipinski definition) is 9. The number of amides is 2. The summed E-state index contributed by atoms with van der Waals surface area (Å²) in [6, 6.07) is 4.22. The van der Waals surface area contributed by atoms with Gasteiger partial charge in [0, 0.05) is 23.9 Å². The van der Waals surface area contributed by atoms with E-state index in [4.69, 9.17) is 12.2 Å². The lowest BCUT2D eigenvalue weighted by molar-refractivity contribution is -0.384. The molecule has 11 nitrogen and oxygen atoms in total. The number of nitro benzene ring substituents is 1. The predicted molar refractivity (Wildman–Crippen MR) is 94.7 cm³/mol. The molecular weight excluding hydrogens is 394 g/mol. The van der Waals surface area contributed by atoms with Gasteiger partial charge in [0.15, 0.2) is 10.9 Å². The van der Waals surface area contributed by atoms with Crippen molar-refractivity contribution in [1.29, 1.82) is 0 Å². The first-order valence-corrected chi connectivity index (χ1v) is 7.86. The SMILES string of the molecule is COC(=O)C(=O)C(=CN1C(=O)CC(=O)NC1=S)C(=O)c1ccc([N+](=O)[O-])cc1. The smallest absolute Gasteiger partial charge is 0.379 e. The molecule has 0 radical (unpaired) electrons. The number of nitrogens with one attached hydrogen (secondary N) is 1. The van der Waals surface area contributed by atoms with Crippen LogP contribution in [-0.4, -0.2) is 51.4 Å². The number of thiocarbonyl (C=S) groups is 1. The van der Waals surface area contributed by atoms with E-state index in [0.29, 0.717) is 4.90 Å². The number of ketones is 2. The number of ether oxygens (including phenoxy) is 1. The second kappa shape index (κ2) is 8.26. The molecule has 1 aromatic carbocycles. The quantitative estimate of drug-likeness (QED) is 0.0795. The number of esters is 1. The van der Waals surface area contributed by atoms with E-state index < -0.39 is 46.3 Å². The maximum atomic E-state index is 12.7. The molecular formula is C16H11N3O8S. The van der Waals surface area contributed by atoms with Crippen LogP contribution >= 0.6 is 12.2 Å². The first-order chi connectivity index (χ1) is 13.1. The molecule has 1 aliphatic heterocycles. The number of hydrogen-bond donors (Lipinski definition) is 1. The molecule has 0 saturated carbocycles. The molecule has 1 saturated heterocycles. The molecule has 144 valence electrons. The molecule has 0 aliphatic carbocycles. The summed E-state index contributed by atoms with van der Waals surface area (Å²) in [6.45, 7) is 0. The van der Waals surface area contributed by atoms with Gasteiger partial charge in [0.25, 0.3) is 11.5 Å². The number of Topliss-reactive ketones (excluding diaryl/α,β-unsaturated/α-hetero) is 2. The van der Waals surface area contributed by atoms with Crippen molar-refractivity contribution in [1.82, 2.24) is 10.2 Å². The van der Waals surface area contributed by atoms with Gasteiger partial charge in [-0.1, -0.05) is 0 Å². The number of carbonyl (C=O) groups is 5. The maximum Gasteiger partial charge on any atom is 0.379 e. The first kappa shape index (κ1) is 20.5. The fraction of sp³-hybridized carbons (Fsp3) is 0.125. The number of nitrogens with zero attached hydrogens (tertiary/aromatic N) is 2. The van der Waals surface area contributed by atoms with Crippen LogP contribution < -0.4 is 5.32 Å². The van der Waals surface area contributed by atoms with Gasteiger partial charge in [0.05, 0.1) is 17.6 Å². The standard InChI is InChI=1S/C16H11N3O8S/c1-27-15(24)14(23)10(7-18-12(21)6-11(20)17-16(18)28)13(22)8-2-4-9(5-3-8)19(25)26/h2-5,7H,6H2,1H3,(H,17,20,28). The Kier molecular flexibility index (Phi) is 6.05. The number of nitro groups is 1. The van der Waals surface area contributed by atoms with Crippen LogP contribution in [0.1, 0.15) is 16.8 Å². The third-order valence-corrected chi connectivity index (χ3v) is 3.80. The van der Waals surface area contributed by atoms with Gasteiger partial charge >= 0.3 is 5.97 Å². The largest absolute Gasteiger partial charge is 0.463 e. The lowest BCUT2D eigenvalue weighted by atomic mass is 10.00. The summed E-state index contributed by atoms with van der Waals surface area (Å²) in [6.07, 6.45) is 0.148. The molecule has 12 heteroatoms. The van der Waals surface area contributed by atoms with Crippen molar-refractivity contribution in [3.8, 4) is 0 Å². The van der Waals surface area contributed by atoms with Crippen LogP contribution in [0.5, 0.6) is 0 Å². The van der Waals surface area contributed by atoms with E-state index in [-0.39, 0.29) is 16.4 Å². The molecule has 1 aromatic rings. The highest BCUT2D eigenvalue weighted by Crippen LogP contribution is 2.17. The van der Waals surface area contributed by atoms with Crippen LogP contribution in [0.2, 0.25) is 0 Å². The van der Waals surface area contributed by atoms with E-state index >= 15 is 0 Å². The van der Waals surface area contributed by atoms with E-state index in [0.717, 1.165) is 37.6 Å². The normalized spacial score (nSPS) is 14.4. The minimum Gasteiger partial charge on any atom is -0.463 e. The molecule has 0 atom stereocenters. The van der Waals surface area contributed by atoms with Crippen LogP contribution in [0.25, 0.3) is 0 Å². The van der Waals surface area contributed by atoms with Crippen molar-refractivity contribution in [3.63, 3.8) is 0 Å². The van der Waals surface area contributed by atoms with E-state index in [2.05, 4.69) is 10.1 Å². The summed E-state index contributed by atoms with van der Waals surface area (Å²) >= 11 is 4.84. The Morgan fingerprint density at radius 2 is 1.86 bits per heavy atom. The molecule has 28 heavy (non-hydrogen) atoms. The minimum absolute atomic E-state index is 0.159. The molecule has 2 rings (SSSR count). The van der Waals surface area contributed by atoms with E-state index in [1.54, 1.807) is 0 Å². The highest BCUT2D eigenvalue weighted by atomic mass is 32.1. The Morgan fingerprint density at radius 3 is 2.36 bits per heavy atom. The Hall–Kier alpha value is -3.80. The second-order valence-electron chi connectivity index (χ2n) is 5.29. The number of benzene rings is 1. The Balaban J connectivity index is 2.48. The Bertz CT molecular complexity index is 931. The average Bonchev–Trinajstić information content (AvgIpc) is 2.65. The van der Waals surface area contributed by atoms with E-state index in [1.165, 1.54) is 0 Å². The zero-order valence-electron chi connectivity index (χ0n) is 14.2. The fourth-order valence-electron chi connectivity index (χ4n) is 2.13.